The van der Waals surface area contributed by atoms with Crippen molar-refractivity contribution in [1.82, 2.24) is 0 Å². The molecule has 0 aromatic heterocycles. The summed E-state index contributed by atoms with van der Waals surface area (Å²) in [6.07, 6.45) is 0.430. The first-order valence-electron chi connectivity index (χ1n) is 8.63. The molecule has 1 atom stereocenters. The topological polar surface area (TPSA) is 67.9 Å². The van der Waals surface area contributed by atoms with Gasteiger partial charge in [-0.15, -0.1) is 11.8 Å². The normalized spacial score (nSPS) is 16.3. The second kappa shape index (κ2) is 8.35. The van der Waals surface area contributed by atoms with Crippen LogP contribution >= 0.6 is 11.8 Å². The molecule has 1 aliphatic heterocycles. The summed E-state index contributed by atoms with van der Waals surface area (Å²) in [5.41, 5.74) is 2.44. The van der Waals surface area contributed by atoms with Crippen LogP contribution in [0.1, 0.15) is 24.3 Å². The molecular formula is C20H22N2O4S. The monoisotopic (exact) mass is 386 g/mol. The first kappa shape index (κ1) is 19.1. The number of hydrogen-bond donors (Lipinski definition) is 1. The molecule has 0 bridgehead atoms. The van der Waals surface area contributed by atoms with Gasteiger partial charge in [0.1, 0.15) is 16.9 Å². The van der Waals surface area contributed by atoms with Crippen LogP contribution in [0.4, 0.5) is 11.4 Å². The van der Waals surface area contributed by atoms with E-state index in [1.807, 2.05) is 43.3 Å². The summed E-state index contributed by atoms with van der Waals surface area (Å²) in [7, 11) is 3.17. The molecule has 0 aliphatic carbocycles. The molecule has 2 amide bonds. The molecule has 1 saturated heterocycles. The highest BCUT2D eigenvalue weighted by Gasteiger charge is 2.35. The van der Waals surface area contributed by atoms with E-state index in [1.54, 1.807) is 36.9 Å². The van der Waals surface area contributed by atoms with Gasteiger partial charge in [-0.1, -0.05) is 19.1 Å². The molecule has 0 radical (unpaired) electrons. The second-order valence-electron chi connectivity index (χ2n) is 5.99. The van der Waals surface area contributed by atoms with Gasteiger partial charge < -0.3 is 14.8 Å². The van der Waals surface area contributed by atoms with Crippen molar-refractivity contribution in [1.29, 1.82) is 0 Å². The van der Waals surface area contributed by atoms with Gasteiger partial charge in [-0.2, -0.15) is 0 Å². The van der Waals surface area contributed by atoms with Crippen LogP contribution in [0.25, 0.3) is 0 Å². The molecule has 1 N–H and O–H groups in total. The third-order valence-electron chi connectivity index (χ3n) is 4.32. The van der Waals surface area contributed by atoms with E-state index in [9.17, 15) is 9.59 Å². The van der Waals surface area contributed by atoms with Gasteiger partial charge in [0, 0.05) is 18.2 Å². The van der Waals surface area contributed by atoms with Crippen molar-refractivity contribution in [3.63, 3.8) is 0 Å². The lowest BCUT2D eigenvalue weighted by Gasteiger charge is -2.26. The van der Waals surface area contributed by atoms with E-state index in [4.69, 9.17) is 9.47 Å². The zero-order valence-electron chi connectivity index (χ0n) is 15.5. The van der Waals surface area contributed by atoms with Gasteiger partial charge in [0.25, 0.3) is 0 Å². The van der Waals surface area contributed by atoms with Crippen molar-refractivity contribution < 1.29 is 19.1 Å². The number of nitrogens with one attached hydrogen (secondary N) is 1. The fourth-order valence-corrected chi connectivity index (χ4v) is 4.06. The minimum absolute atomic E-state index is 0.0248. The van der Waals surface area contributed by atoms with Crippen LogP contribution in [0.5, 0.6) is 11.5 Å². The van der Waals surface area contributed by atoms with E-state index in [2.05, 4.69) is 5.32 Å². The zero-order valence-corrected chi connectivity index (χ0v) is 16.3. The van der Waals surface area contributed by atoms with Crippen molar-refractivity contribution in [2.45, 2.75) is 18.7 Å². The third-order valence-corrected chi connectivity index (χ3v) is 5.53. The Balaban J connectivity index is 1.90. The van der Waals surface area contributed by atoms with Gasteiger partial charge in [0.15, 0.2) is 0 Å². The highest BCUT2D eigenvalue weighted by Crippen LogP contribution is 2.45. The number of hydrogen-bond acceptors (Lipinski definition) is 5. The maximum atomic E-state index is 12.6. The first-order chi connectivity index (χ1) is 13.1. The van der Waals surface area contributed by atoms with E-state index in [0.717, 1.165) is 11.3 Å². The van der Waals surface area contributed by atoms with Gasteiger partial charge in [0.05, 0.1) is 25.7 Å². The smallest absolute Gasteiger partial charge is 0.238 e. The van der Waals surface area contributed by atoms with Crippen LogP contribution in [0.2, 0.25) is 0 Å². The fraction of sp³-hybridized carbons (Fsp3) is 0.300. The highest BCUT2D eigenvalue weighted by atomic mass is 32.2. The highest BCUT2D eigenvalue weighted by molar-refractivity contribution is 8.00. The predicted molar refractivity (Wildman–Crippen MR) is 108 cm³/mol. The molecule has 2 aromatic carbocycles. The van der Waals surface area contributed by atoms with Crippen LogP contribution in [0.15, 0.2) is 42.5 Å². The van der Waals surface area contributed by atoms with Crippen molar-refractivity contribution in [3.05, 3.63) is 48.0 Å². The van der Waals surface area contributed by atoms with Gasteiger partial charge in [0.2, 0.25) is 11.8 Å². The SMILES string of the molecule is CCC(=O)Nc1ccc([C@H]2SCC(=O)N2c2ccc(OC)cc2OC)cc1. The Morgan fingerprint density at radius 2 is 1.93 bits per heavy atom. The Morgan fingerprint density at radius 1 is 1.19 bits per heavy atom. The molecule has 1 fully saturated rings. The van der Waals surface area contributed by atoms with Crippen LogP contribution in [0, 0.1) is 0 Å². The number of benzene rings is 2. The second-order valence-corrected chi connectivity index (χ2v) is 7.06. The Morgan fingerprint density at radius 3 is 2.56 bits per heavy atom. The number of carbonyl (C=O) groups excluding carboxylic acids is 2. The lowest BCUT2D eigenvalue weighted by Crippen LogP contribution is -2.28. The van der Waals surface area contributed by atoms with Gasteiger partial charge in [-0.25, -0.2) is 0 Å². The minimum atomic E-state index is -0.157. The van der Waals surface area contributed by atoms with Gasteiger partial charge >= 0.3 is 0 Å². The third kappa shape index (κ3) is 4.03. The maximum absolute atomic E-state index is 12.6. The quantitative estimate of drug-likeness (QED) is 0.817. The molecule has 1 aliphatic rings. The van der Waals surface area contributed by atoms with Crippen molar-refractivity contribution >= 4 is 35.0 Å². The lowest BCUT2D eigenvalue weighted by atomic mass is 10.1. The summed E-state index contributed by atoms with van der Waals surface area (Å²) in [4.78, 5) is 25.9. The number of thioether (sulfide) groups is 1. The van der Waals surface area contributed by atoms with Crippen LogP contribution < -0.4 is 19.7 Å². The summed E-state index contributed by atoms with van der Waals surface area (Å²) in [5.74, 6) is 1.65. The average Bonchev–Trinajstić information content (AvgIpc) is 3.09. The molecule has 1 heterocycles. The summed E-state index contributed by atoms with van der Waals surface area (Å²) >= 11 is 1.56. The van der Waals surface area contributed by atoms with E-state index >= 15 is 0 Å². The molecule has 0 spiro atoms. The van der Waals surface area contributed by atoms with Crippen molar-refractivity contribution in [2.24, 2.45) is 0 Å². The Labute approximate surface area is 162 Å². The van der Waals surface area contributed by atoms with Crippen LogP contribution in [-0.2, 0) is 9.59 Å². The Kier molecular flexibility index (Phi) is 5.91. The maximum Gasteiger partial charge on any atom is 0.238 e. The average molecular weight is 386 g/mol. The molecule has 0 unspecified atom stereocenters. The first-order valence-corrected chi connectivity index (χ1v) is 9.67. The molecule has 3 rings (SSSR count). The number of nitrogens with zero attached hydrogens (tertiary/aromatic N) is 1. The number of rotatable bonds is 6. The Hall–Kier alpha value is -2.67. The number of carbonyl (C=O) groups is 2. The minimum Gasteiger partial charge on any atom is -0.497 e. The van der Waals surface area contributed by atoms with Crippen LogP contribution in [-0.4, -0.2) is 31.8 Å². The standard InChI is InChI=1S/C20H22N2O4S/c1-4-18(23)21-14-7-5-13(6-8-14)20-22(19(24)12-27-20)16-10-9-15(25-2)11-17(16)26-3/h5-11,20H,4,12H2,1-3H3,(H,21,23)/t20-/m1/s1. The number of amides is 2. The summed E-state index contributed by atoms with van der Waals surface area (Å²) < 4.78 is 10.7. The molecule has 27 heavy (non-hydrogen) atoms. The van der Waals surface area contributed by atoms with E-state index < -0.39 is 0 Å². The number of methoxy groups -OCH3 is 2. The van der Waals surface area contributed by atoms with Crippen molar-refractivity contribution in [3.8, 4) is 11.5 Å². The molecular weight excluding hydrogens is 364 g/mol. The van der Waals surface area contributed by atoms with E-state index in [1.165, 1.54) is 0 Å². The van der Waals surface area contributed by atoms with E-state index in [0.29, 0.717) is 29.4 Å². The number of anilines is 2. The van der Waals surface area contributed by atoms with Crippen molar-refractivity contribution in [2.75, 3.05) is 30.2 Å². The fourth-order valence-electron chi connectivity index (χ4n) is 2.90. The van der Waals surface area contributed by atoms with Gasteiger partial charge in [-0.3, -0.25) is 14.5 Å². The van der Waals surface area contributed by atoms with Crippen LogP contribution in [0.3, 0.4) is 0 Å². The summed E-state index contributed by atoms with van der Waals surface area (Å²) in [5, 5.41) is 2.68. The largest absolute Gasteiger partial charge is 0.497 e. The molecule has 2 aromatic rings. The van der Waals surface area contributed by atoms with Gasteiger partial charge in [-0.05, 0) is 29.8 Å². The summed E-state index contributed by atoms with van der Waals surface area (Å²) in [6.45, 7) is 1.81. The summed E-state index contributed by atoms with van der Waals surface area (Å²) in [6, 6.07) is 13.0. The Bertz CT molecular complexity index is 838. The zero-order chi connectivity index (χ0) is 19.4. The predicted octanol–water partition coefficient (Wildman–Crippen LogP) is 3.83. The number of ether oxygens (including phenoxy) is 2. The molecule has 7 heteroatoms. The van der Waals surface area contributed by atoms with E-state index in [-0.39, 0.29) is 17.2 Å². The lowest BCUT2D eigenvalue weighted by molar-refractivity contribution is -0.116. The molecule has 142 valence electrons. The molecule has 6 nitrogen and oxygen atoms in total. The molecule has 0 saturated carbocycles.